The highest BCUT2D eigenvalue weighted by Gasteiger charge is 2.34. The summed E-state index contributed by atoms with van der Waals surface area (Å²) in [4.78, 5) is 2.36. The third-order valence-electron chi connectivity index (χ3n) is 3.71. The van der Waals surface area contributed by atoms with Crippen LogP contribution in [0, 0.1) is 5.82 Å². The Morgan fingerprint density at radius 2 is 2.00 bits per heavy atom. The second kappa shape index (κ2) is 6.75. The highest BCUT2D eigenvalue weighted by atomic mass is 19.4. The molecule has 0 spiro atoms. The lowest BCUT2D eigenvalue weighted by atomic mass is 10.1. The maximum Gasteiger partial charge on any atom is 0.419 e. The molecule has 0 heterocycles. The Morgan fingerprint density at radius 1 is 1.29 bits per heavy atom. The highest BCUT2D eigenvalue weighted by molar-refractivity contribution is 5.27. The first-order valence-corrected chi connectivity index (χ1v) is 7.22. The molecule has 1 aromatic rings. The van der Waals surface area contributed by atoms with E-state index in [-0.39, 0.29) is 0 Å². The third kappa shape index (κ3) is 4.68. The van der Waals surface area contributed by atoms with Gasteiger partial charge in [-0.05, 0) is 37.1 Å². The van der Waals surface area contributed by atoms with Crippen molar-refractivity contribution in [3.63, 3.8) is 0 Å². The fraction of sp³-hybridized carbons (Fsp3) is 0.600. The van der Waals surface area contributed by atoms with Gasteiger partial charge in [0.15, 0.2) is 0 Å². The summed E-state index contributed by atoms with van der Waals surface area (Å²) >= 11 is 0. The number of rotatable bonds is 7. The molecule has 2 rings (SSSR count). The first-order valence-electron chi connectivity index (χ1n) is 7.22. The minimum absolute atomic E-state index is 0.311. The molecule has 0 atom stereocenters. The number of likely N-dealkylation sites (N-methyl/N-ethyl adjacent to an activating group) is 1. The number of hydrogen-bond donors (Lipinski definition) is 1. The van der Waals surface area contributed by atoms with Gasteiger partial charge < -0.3 is 5.32 Å². The van der Waals surface area contributed by atoms with Crippen LogP contribution in [0.2, 0.25) is 0 Å². The fourth-order valence-corrected chi connectivity index (χ4v) is 2.39. The van der Waals surface area contributed by atoms with Crippen LogP contribution < -0.4 is 5.32 Å². The second-order valence-electron chi connectivity index (χ2n) is 5.35. The van der Waals surface area contributed by atoms with Gasteiger partial charge in [-0.15, -0.1) is 0 Å². The smallest absolute Gasteiger partial charge is 0.311 e. The average molecular weight is 304 g/mol. The van der Waals surface area contributed by atoms with E-state index in [4.69, 9.17) is 0 Å². The Morgan fingerprint density at radius 3 is 2.57 bits per heavy atom. The van der Waals surface area contributed by atoms with Gasteiger partial charge in [0, 0.05) is 25.7 Å². The van der Waals surface area contributed by atoms with E-state index in [0.29, 0.717) is 24.7 Å². The number of hydrogen-bond acceptors (Lipinski definition) is 2. The molecule has 1 saturated carbocycles. The summed E-state index contributed by atoms with van der Waals surface area (Å²) in [6.45, 7) is 5.00. The Kier molecular flexibility index (Phi) is 5.22. The van der Waals surface area contributed by atoms with Gasteiger partial charge in [0.25, 0.3) is 0 Å². The summed E-state index contributed by atoms with van der Waals surface area (Å²) in [5, 5.41) is 3.12. The molecule has 0 radical (unpaired) electrons. The minimum atomic E-state index is -4.65. The van der Waals surface area contributed by atoms with Crippen molar-refractivity contribution < 1.29 is 17.6 Å². The lowest BCUT2D eigenvalue weighted by Crippen LogP contribution is -2.33. The van der Waals surface area contributed by atoms with Gasteiger partial charge in [-0.2, -0.15) is 13.2 Å². The first kappa shape index (κ1) is 16.2. The molecule has 21 heavy (non-hydrogen) atoms. The van der Waals surface area contributed by atoms with E-state index in [9.17, 15) is 17.6 Å². The number of halogens is 4. The maximum absolute atomic E-state index is 13.2. The predicted molar refractivity (Wildman–Crippen MR) is 73.4 cm³/mol. The van der Waals surface area contributed by atoms with Gasteiger partial charge in [-0.25, -0.2) is 4.39 Å². The summed E-state index contributed by atoms with van der Waals surface area (Å²) in [6.07, 6.45) is -2.17. The third-order valence-corrected chi connectivity index (χ3v) is 3.71. The zero-order valence-electron chi connectivity index (χ0n) is 12.0. The summed E-state index contributed by atoms with van der Waals surface area (Å²) in [7, 11) is 0. The summed E-state index contributed by atoms with van der Waals surface area (Å²) in [6, 6.07) is 3.82. The van der Waals surface area contributed by atoms with E-state index in [1.807, 2.05) is 0 Å². The van der Waals surface area contributed by atoms with Crippen LogP contribution in [0.25, 0.3) is 0 Å². The van der Waals surface area contributed by atoms with E-state index in [1.54, 1.807) is 0 Å². The number of nitrogens with zero attached hydrogens (tertiary/aromatic N) is 1. The summed E-state index contributed by atoms with van der Waals surface area (Å²) in [5.74, 6) is -1.22. The topological polar surface area (TPSA) is 15.3 Å². The van der Waals surface area contributed by atoms with Crippen molar-refractivity contribution in [2.45, 2.75) is 38.5 Å². The molecule has 118 valence electrons. The number of benzene rings is 1. The largest absolute Gasteiger partial charge is 0.419 e. The van der Waals surface area contributed by atoms with E-state index < -0.39 is 17.6 Å². The lowest BCUT2D eigenvalue weighted by Gasteiger charge is -2.19. The SMILES string of the molecule is CCN(CCNCc1ccc(F)c(C(F)(F)F)c1)C1CC1. The predicted octanol–water partition coefficient (Wildman–Crippen LogP) is 3.42. The molecule has 1 N–H and O–H groups in total. The van der Waals surface area contributed by atoms with Gasteiger partial charge in [-0.1, -0.05) is 13.0 Å². The van der Waals surface area contributed by atoms with Crippen LogP contribution in [0.3, 0.4) is 0 Å². The number of alkyl halides is 3. The number of nitrogens with one attached hydrogen (secondary N) is 1. The highest BCUT2D eigenvalue weighted by Crippen LogP contribution is 2.31. The van der Waals surface area contributed by atoms with Gasteiger partial charge in [0.1, 0.15) is 5.82 Å². The molecule has 1 aliphatic rings. The standard InChI is InChI=1S/C15H20F4N2/c1-2-21(12-4-5-12)8-7-20-10-11-3-6-14(16)13(9-11)15(17,18)19/h3,6,9,12,20H,2,4-5,7-8,10H2,1H3. The van der Waals surface area contributed by atoms with Crippen molar-refractivity contribution in [3.8, 4) is 0 Å². The molecule has 0 amide bonds. The van der Waals surface area contributed by atoms with Crippen molar-refractivity contribution in [1.82, 2.24) is 10.2 Å². The monoisotopic (exact) mass is 304 g/mol. The van der Waals surface area contributed by atoms with Gasteiger partial charge in [0.05, 0.1) is 5.56 Å². The van der Waals surface area contributed by atoms with E-state index in [1.165, 1.54) is 18.9 Å². The zero-order chi connectivity index (χ0) is 15.5. The Hall–Kier alpha value is -1.14. The molecular formula is C15H20F4N2. The molecule has 6 heteroatoms. The Balaban J connectivity index is 1.83. The van der Waals surface area contributed by atoms with E-state index in [2.05, 4.69) is 17.1 Å². The first-order chi connectivity index (χ1) is 9.91. The van der Waals surface area contributed by atoms with Crippen LogP contribution in [-0.2, 0) is 12.7 Å². The normalized spacial score (nSPS) is 15.7. The fourth-order valence-electron chi connectivity index (χ4n) is 2.39. The van der Waals surface area contributed by atoms with Crippen LogP contribution in [0.5, 0.6) is 0 Å². The van der Waals surface area contributed by atoms with Crippen LogP contribution >= 0.6 is 0 Å². The zero-order valence-corrected chi connectivity index (χ0v) is 12.0. The molecule has 0 aromatic heterocycles. The average Bonchev–Trinajstić information content (AvgIpc) is 3.24. The molecule has 0 unspecified atom stereocenters. The quantitative estimate of drug-likeness (QED) is 0.613. The molecular weight excluding hydrogens is 284 g/mol. The molecule has 0 bridgehead atoms. The molecule has 1 fully saturated rings. The van der Waals surface area contributed by atoms with Crippen LogP contribution in [-0.4, -0.2) is 30.6 Å². The Labute approximate surface area is 122 Å². The molecule has 2 nitrogen and oxygen atoms in total. The van der Waals surface area contributed by atoms with Crippen LogP contribution in [0.4, 0.5) is 17.6 Å². The molecule has 0 saturated heterocycles. The molecule has 0 aliphatic heterocycles. The van der Waals surface area contributed by atoms with Gasteiger partial charge >= 0.3 is 6.18 Å². The summed E-state index contributed by atoms with van der Waals surface area (Å²) in [5.41, 5.74) is -0.756. The maximum atomic E-state index is 13.2. The summed E-state index contributed by atoms with van der Waals surface area (Å²) < 4.78 is 50.9. The van der Waals surface area contributed by atoms with Crippen molar-refractivity contribution in [1.29, 1.82) is 0 Å². The van der Waals surface area contributed by atoms with Crippen molar-refractivity contribution >= 4 is 0 Å². The second-order valence-corrected chi connectivity index (χ2v) is 5.35. The van der Waals surface area contributed by atoms with Gasteiger partial charge in [-0.3, -0.25) is 4.90 Å². The van der Waals surface area contributed by atoms with Crippen LogP contribution in [0.1, 0.15) is 30.9 Å². The molecule has 1 aromatic carbocycles. The van der Waals surface area contributed by atoms with Crippen molar-refractivity contribution in [2.24, 2.45) is 0 Å². The van der Waals surface area contributed by atoms with Crippen LogP contribution in [0.15, 0.2) is 18.2 Å². The van der Waals surface area contributed by atoms with E-state index in [0.717, 1.165) is 25.2 Å². The Bertz CT molecular complexity index is 469. The van der Waals surface area contributed by atoms with E-state index >= 15 is 0 Å². The van der Waals surface area contributed by atoms with Crippen molar-refractivity contribution in [3.05, 3.63) is 35.1 Å². The lowest BCUT2D eigenvalue weighted by molar-refractivity contribution is -0.140. The van der Waals surface area contributed by atoms with Gasteiger partial charge in [0.2, 0.25) is 0 Å². The minimum Gasteiger partial charge on any atom is -0.311 e. The van der Waals surface area contributed by atoms with Crippen molar-refractivity contribution in [2.75, 3.05) is 19.6 Å². The molecule has 1 aliphatic carbocycles.